The third-order valence-electron chi connectivity index (χ3n) is 4.41. The van der Waals surface area contributed by atoms with Gasteiger partial charge in [-0.05, 0) is 43.4 Å². The molecule has 2 aliphatic rings. The Hall–Kier alpha value is -0.110. The summed E-state index contributed by atoms with van der Waals surface area (Å²) in [4.78, 5) is 0. The monoisotopic (exact) mass is 308 g/mol. The molecule has 0 spiro atoms. The fourth-order valence-electron chi connectivity index (χ4n) is 3.46. The van der Waals surface area contributed by atoms with Crippen LogP contribution in [0.3, 0.4) is 0 Å². The summed E-state index contributed by atoms with van der Waals surface area (Å²) in [6.45, 7) is 0. The molecule has 2 aliphatic carbocycles. The Morgan fingerprint density at radius 2 is 1.47 bits per heavy atom. The maximum atomic E-state index is 12.6. The highest BCUT2D eigenvalue weighted by molar-refractivity contribution is 7.81. The quantitative estimate of drug-likeness (QED) is 0.590. The molecule has 19 heavy (non-hydrogen) atoms. The molecule has 2 bridgehead atoms. The Morgan fingerprint density at radius 1 is 0.947 bits per heavy atom. The lowest BCUT2D eigenvalue weighted by atomic mass is 9.79. The van der Waals surface area contributed by atoms with Gasteiger partial charge in [-0.2, -0.15) is 39.0 Å². The second-order valence-corrected chi connectivity index (χ2v) is 6.29. The first-order valence-corrected chi connectivity index (χ1v) is 6.51. The van der Waals surface area contributed by atoms with Crippen molar-refractivity contribution in [2.24, 2.45) is 17.8 Å². The van der Waals surface area contributed by atoms with E-state index in [2.05, 4.69) is 12.6 Å². The van der Waals surface area contributed by atoms with Crippen LogP contribution in [0, 0.1) is 17.8 Å². The molecule has 1 N–H and O–H groups in total. The molecule has 112 valence electrons. The first-order valence-electron chi connectivity index (χ1n) is 5.99. The van der Waals surface area contributed by atoms with Crippen molar-refractivity contribution in [1.29, 1.82) is 0 Å². The van der Waals surface area contributed by atoms with Crippen molar-refractivity contribution < 1.29 is 31.4 Å². The molecule has 2 rings (SSSR count). The normalized spacial score (nSPS) is 36.0. The summed E-state index contributed by atoms with van der Waals surface area (Å²) in [5.41, 5.74) is -4.61. The van der Waals surface area contributed by atoms with Crippen LogP contribution in [0.25, 0.3) is 0 Å². The number of aliphatic hydroxyl groups is 1. The number of rotatable bonds is 2. The molecule has 2 fully saturated rings. The number of thiol groups is 1. The molecule has 0 aromatic rings. The standard InChI is InChI=1S/C11H14F6OS/c12-10(13,14)9(18,11(15,16)17)4-6-1-5-2-7(6)8(19)3-5/h5-8,18-19H,1-4H2/t5?,6?,7?,8-/m1/s1. The summed E-state index contributed by atoms with van der Waals surface area (Å²) < 4.78 is 75.6. The molecule has 0 amide bonds. The van der Waals surface area contributed by atoms with E-state index < -0.39 is 30.3 Å². The minimum atomic E-state index is -5.71. The summed E-state index contributed by atoms with van der Waals surface area (Å²) in [7, 11) is 0. The third kappa shape index (κ3) is 2.46. The molecule has 0 heterocycles. The van der Waals surface area contributed by atoms with Gasteiger partial charge in [-0.1, -0.05) is 0 Å². The Kier molecular flexibility index (Phi) is 3.57. The molecule has 3 unspecified atom stereocenters. The maximum absolute atomic E-state index is 12.6. The number of alkyl halides is 6. The molecular formula is C11H14F6OS. The number of halogens is 6. The number of fused-ring (bicyclic) bond motifs is 2. The molecule has 0 radical (unpaired) electrons. The van der Waals surface area contributed by atoms with Gasteiger partial charge in [0.05, 0.1) is 0 Å². The Bertz CT molecular complexity index is 338. The molecular weight excluding hydrogens is 294 g/mol. The molecule has 0 aliphatic heterocycles. The van der Waals surface area contributed by atoms with Crippen molar-refractivity contribution in [3.63, 3.8) is 0 Å². The van der Waals surface area contributed by atoms with Gasteiger partial charge in [0.15, 0.2) is 0 Å². The maximum Gasteiger partial charge on any atom is 0.426 e. The van der Waals surface area contributed by atoms with Crippen molar-refractivity contribution in [3.05, 3.63) is 0 Å². The topological polar surface area (TPSA) is 20.2 Å². The molecule has 8 heteroatoms. The summed E-state index contributed by atoms with van der Waals surface area (Å²) >= 11 is 4.21. The van der Waals surface area contributed by atoms with Crippen LogP contribution in [0.5, 0.6) is 0 Å². The SMILES string of the molecule is OC(CC1CC2CC1[C@H](S)C2)(C(F)(F)F)C(F)(F)F. The van der Waals surface area contributed by atoms with Gasteiger partial charge in [0.2, 0.25) is 0 Å². The highest BCUT2D eigenvalue weighted by Crippen LogP contribution is 2.56. The molecule has 4 atom stereocenters. The van der Waals surface area contributed by atoms with E-state index in [1.165, 1.54) is 0 Å². The first kappa shape index (κ1) is 15.3. The highest BCUT2D eigenvalue weighted by Gasteiger charge is 2.71. The van der Waals surface area contributed by atoms with Gasteiger partial charge in [0.25, 0.3) is 5.60 Å². The number of hydrogen-bond donors (Lipinski definition) is 2. The predicted octanol–water partition coefficient (Wildman–Crippen LogP) is 3.58. The second kappa shape index (κ2) is 4.44. The van der Waals surface area contributed by atoms with Crippen LogP contribution in [0.15, 0.2) is 0 Å². The van der Waals surface area contributed by atoms with Crippen LogP contribution >= 0.6 is 12.6 Å². The van der Waals surface area contributed by atoms with Crippen LogP contribution in [0.1, 0.15) is 25.7 Å². The molecule has 0 saturated heterocycles. The van der Waals surface area contributed by atoms with Crippen LogP contribution in [-0.2, 0) is 0 Å². The average Bonchev–Trinajstić information content (AvgIpc) is 2.72. The van der Waals surface area contributed by atoms with Crippen LogP contribution in [0.2, 0.25) is 0 Å². The summed E-state index contributed by atoms with van der Waals surface area (Å²) in [5, 5.41) is 9.03. The van der Waals surface area contributed by atoms with Gasteiger partial charge in [0, 0.05) is 5.25 Å². The van der Waals surface area contributed by atoms with Gasteiger partial charge in [-0.15, -0.1) is 0 Å². The lowest BCUT2D eigenvalue weighted by molar-refractivity contribution is -0.373. The zero-order valence-corrected chi connectivity index (χ0v) is 10.7. The zero-order chi connectivity index (χ0) is 14.6. The zero-order valence-electron chi connectivity index (χ0n) is 9.80. The molecule has 0 aromatic heterocycles. The smallest absolute Gasteiger partial charge is 0.374 e. The Morgan fingerprint density at radius 3 is 1.84 bits per heavy atom. The highest BCUT2D eigenvalue weighted by atomic mass is 32.1. The Labute approximate surface area is 111 Å². The van der Waals surface area contributed by atoms with Crippen molar-refractivity contribution >= 4 is 12.6 Å². The largest absolute Gasteiger partial charge is 0.426 e. The minimum Gasteiger partial charge on any atom is -0.374 e. The summed E-state index contributed by atoms with van der Waals surface area (Å²) in [6, 6.07) is 0. The van der Waals surface area contributed by atoms with Gasteiger partial charge >= 0.3 is 12.4 Å². The van der Waals surface area contributed by atoms with Crippen LogP contribution in [-0.4, -0.2) is 28.3 Å². The van der Waals surface area contributed by atoms with E-state index in [-0.39, 0.29) is 17.1 Å². The van der Waals surface area contributed by atoms with E-state index in [0.29, 0.717) is 12.8 Å². The van der Waals surface area contributed by atoms with Gasteiger partial charge in [-0.25, -0.2) is 0 Å². The van der Waals surface area contributed by atoms with Crippen molar-refractivity contribution in [1.82, 2.24) is 0 Å². The van der Waals surface area contributed by atoms with E-state index in [1.54, 1.807) is 0 Å². The lowest BCUT2D eigenvalue weighted by Gasteiger charge is -2.37. The summed E-state index contributed by atoms with van der Waals surface area (Å²) in [6.07, 6.45) is -11.1. The number of hydrogen-bond acceptors (Lipinski definition) is 2. The Balaban J connectivity index is 2.19. The van der Waals surface area contributed by atoms with E-state index in [4.69, 9.17) is 0 Å². The van der Waals surface area contributed by atoms with Crippen molar-refractivity contribution in [2.45, 2.75) is 48.9 Å². The van der Waals surface area contributed by atoms with E-state index in [0.717, 1.165) is 6.42 Å². The van der Waals surface area contributed by atoms with Crippen molar-refractivity contribution in [3.8, 4) is 0 Å². The second-order valence-electron chi connectivity index (χ2n) is 5.62. The lowest BCUT2D eigenvalue weighted by Crippen LogP contribution is -2.58. The molecule has 0 aromatic carbocycles. The average molecular weight is 308 g/mol. The van der Waals surface area contributed by atoms with Gasteiger partial charge in [0.1, 0.15) is 0 Å². The molecule has 2 saturated carbocycles. The van der Waals surface area contributed by atoms with E-state index in [1.807, 2.05) is 0 Å². The third-order valence-corrected chi connectivity index (χ3v) is 5.01. The van der Waals surface area contributed by atoms with E-state index >= 15 is 0 Å². The molecule has 1 nitrogen and oxygen atoms in total. The van der Waals surface area contributed by atoms with E-state index in [9.17, 15) is 31.4 Å². The fraction of sp³-hybridized carbons (Fsp3) is 1.00. The van der Waals surface area contributed by atoms with Crippen LogP contribution in [0.4, 0.5) is 26.3 Å². The van der Waals surface area contributed by atoms with Crippen LogP contribution < -0.4 is 0 Å². The summed E-state index contributed by atoms with van der Waals surface area (Å²) in [5.74, 6) is -0.887. The van der Waals surface area contributed by atoms with Gasteiger partial charge in [-0.3, -0.25) is 0 Å². The fourth-order valence-corrected chi connectivity index (χ4v) is 4.13. The van der Waals surface area contributed by atoms with Crippen molar-refractivity contribution in [2.75, 3.05) is 0 Å². The minimum absolute atomic E-state index is 0.142. The first-order chi connectivity index (χ1) is 8.46. The van der Waals surface area contributed by atoms with Gasteiger partial charge < -0.3 is 5.11 Å². The predicted molar refractivity (Wildman–Crippen MR) is 58.8 cm³/mol.